The molecule has 0 radical (unpaired) electrons. The van der Waals surface area contributed by atoms with Gasteiger partial charge in [-0.3, -0.25) is 0 Å². The highest BCUT2D eigenvalue weighted by Crippen LogP contribution is 2.10. The third-order valence-corrected chi connectivity index (χ3v) is 2.62. The lowest BCUT2D eigenvalue weighted by Crippen LogP contribution is -2.44. The average molecular weight is 173 g/mol. The van der Waals surface area contributed by atoms with Crippen molar-refractivity contribution in [2.75, 3.05) is 6.61 Å². The summed E-state index contributed by atoms with van der Waals surface area (Å²) in [7, 11) is 0. The van der Waals surface area contributed by atoms with Gasteiger partial charge in [0.2, 0.25) is 0 Å². The summed E-state index contributed by atoms with van der Waals surface area (Å²) >= 11 is 0. The van der Waals surface area contributed by atoms with E-state index < -0.39 is 0 Å². The zero-order chi connectivity index (χ0) is 9.14. The Balaban J connectivity index is 2.54. The quantitative estimate of drug-likeness (QED) is 0.607. The number of hydrogen-bond donors (Lipinski definition) is 2. The first-order valence-corrected chi connectivity index (χ1v) is 4.70. The van der Waals surface area contributed by atoms with Gasteiger partial charge in [-0.15, -0.1) is 0 Å². The Bertz CT molecular complexity index is 140. The van der Waals surface area contributed by atoms with Crippen molar-refractivity contribution < 1.29 is 9.84 Å². The molecule has 1 heterocycles. The summed E-state index contributed by atoms with van der Waals surface area (Å²) < 4.78 is 5.45. The predicted octanol–water partition coefficient (Wildman–Crippen LogP) is 0.523. The van der Waals surface area contributed by atoms with Crippen LogP contribution in [0.1, 0.15) is 27.2 Å². The van der Waals surface area contributed by atoms with Crippen LogP contribution in [0.2, 0.25) is 0 Å². The topological polar surface area (TPSA) is 41.5 Å². The van der Waals surface area contributed by atoms with E-state index in [1.54, 1.807) is 0 Å². The molecule has 0 amide bonds. The fourth-order valence-corrected chi connectivity index (χ4v) is 1.49. The Hall–Kier alpha value is -0.120. The Kier molecular flexibility index (Phi) is 3.50. The van der Waals surface area contributed by atoms with Gasteiger partial charge in [0.1, 0.15) is 0 Å². The first kappa shape index (κ1) is 9.96. The second-order valence-electron chi connectivity index (χ2n) is 3.58. The van der Waals surface area contributed by atoms with Gasteiger partial charge in [0.05, 0.1) is 18.8 Å². The monoisotopic (exact) mass is 173 g/mol. The van der Waals surface area contributed by atoms with E-state index >= 15 is 0 Å². The molecular formula is C9H19NO2. The van der Waals surface area contributed by atoms with Crippen LogP contribution in [0.25, 0.3) is 0 Å². The van der Waals surface area contributed by atoms with Crippen LogP contribution in [0.3, 0.4) is 0 Å². The number of nitrogens with one attached hydrogen (secondary N) is 1. The Labute approximate surface area is 74.1 Å². The molecule has 2 unspecified atom stereocenters. The molecule has 0 aromatic carbocycles. The van der Waals surface area contributed by atoms with Gasteiger partial charge in [-0.05, 0) is 20.3 Å². The molecule has 1 fully saturated rings. The molecule has 0 aromatic heterocycles. The first-order chi connectivity index (χ1) is 5.65. The maximum absolute atomic E-state index is 9.60. The van der Waals surface area contributed by atoms with Crippen LogP contribution in [-0.2, 0) is 4.74 Å². The molecule has 0 spiro atoms. The summed E-state index contributed by atoms with van der Waals surface area (Å²) in [5, 5.41) is 13.0. The Morgan fingerprint density at radius 1 is 1.50 bits per heavy atom. The molecule has 1 aliphatic heterocycles. The van der Waals surface area contributed by atoms with Crippen molar-refractivity contribution in [1.29, 1.82) is 0 Å². The van der Waals surface area contributed by atoms with E-state index in [4.69, 9.17) is 4.74 Å². The lowest BCUT2D eigenvalue weighted by atomic mass is 10.1. The highest BCUT2D eigenvalue weighted by molar-refractivity contribution is 4.83. The normalized spacial score (nSPS) is 44.0. The van der Waals surface area contributed by atoms with E-state index in [0.29, 0.717) is 12.6 Å². The summed E-state index contributed by atoms with van der Waals surface area (Å²) in [6.45, 7) is 6.65. The molecule has 0 aliphatic carbocycles. The van der Waals surface area contributed by atoms with Crippen molar-refractivity contribution in [3.63, 3.8) is 0 Å². The third-order valence-electron chi connectivity index (χ3n) is 2.62. The minimum Gasteiger partial charge on any atom is -0.389 e. The molecule has 1 saturated heterocycles. The highest BCUT2D eigenvalue weighted by atomic mass is 16.5. The molecule has 4 atom stereocenters. The molecule has 0 saturated carbocycles. The second kappa shape index (κ2) is 4.21. The van der Waals surface area contributed by atoms with Crippen molar-refractivity contribution in [1.82, 2.24) is 5.32 Å². The van der Waals surface area contributed by atoms with Crippen LogP contribution in [-0.4, -0.2) is 36.0 Å². The number of rotatable bonds is 1. The van der Waals surface area contributed by atoms with Crippen molar-refractivity contribution >= 4 is 0 Å². The van der Waals surface area contributed by atoms with E-state index in [9.17, 15) is 5.11 Å². The van der Waals surface area contributed by atoms with E-state index in [0.717, 1.165) is 6.42 Å². The first-order valence-electron chi connectivity index (χ1n) is 4.70. The number of ether oxygens (including phenoxy) is 1. The van der Waals surface area contributed by atoms with Gasteiger partial charge in [0.25, 0.3) is 0 Å². The molecule has 1 aliphatic rings. The van der Waals surface area contributed by atoms with E-state index in [1.165, 1.54) is 0 Å². The SMILES string of the molecule is CC[C@H]1NC(C)C(C)OC[C@H]1O. The third kappa shape index (κ3) is 2.19. The fourth-order valence-electron chi connectivity index (χ4n) is 1.49. The molecule has 1 rings (SSSR count). The second-order valence-corrected chi connectivity index (χ2v) is 3.58. The van der Waals surface area contributed by atoms with Crippen molar-refractivity contribution in [3.8, 4) is 0 Å². The van der Waals surface area contributed by atoms with Crippen LogP contribution >= 0.6 is 0 Å². The Morgan fingerprint density at radius 2 is 2.17 bits per heavy atom. The van der Waals surface area contributed by atoms with E-state index in [2.05, 4.69) is 19.2 Å². The molecule has 3 nitrogen and oxygen atoms in total. The van der Waals surface area contributed by atoms with Gasteiger partial charge in [-0.2, -0.15) is 0 Å². The van der Waals surface area contributed by atoms with Crippen molar-refractivity contribution in [2.45, 2.75) is 51.5 Å². The molecule has 12 heavy (non-hydrogen) atoms. The summed E-state index contributed by atoms with van der Waals surface area (Å²) in [5.74, 6) is 0. The number of hydrogen-bond acceptors (Lipinski definition) is 3. The fraction of sp³-hybridized carbons (Fsp3) is 1.00. The van der Waals surface area contributed by atoms with Gasteiger partial charge >= 0.3 is 0 Å². The smallest absolute Gasteiger partial charge is 0.0926 e. The molecule has 3 heteroatoms. The summed E-state index contributed by atoms with van der Waals surface area (Å²) in [6, 6.07) is 0.511. The van der Waals surface area contributed by atoms with Crippen LogP contribution in [0, 0.1) is 0 Å². The average Bonchev–Trinajstić information content (AvgIpc) is 2.18. The van der Waals surface area contributed by atoms with E-state index in [-0.39, 0.29) is 18.2 Å². The maximum Gasteiger partial charge on any atom is 0.0926 e. The van der Waals surface area contributed by atoms with Crippen LogP contribution in [0.15, 0.2) is 0 Å². The molecule has 0 bridgehead atoms. The predicted molar refractivity (Wildman–Crippen MR) is 48.1 cm³/mol. The molecule has 0 aromatic rings. The largest absolute Gasteiger partial charge is 0.389 e. The van der Waals surface area contributed by atoms with E-state index in [1.807, 2.05) is 6.92 Å². The van der Waals surface area contributed by atoms with Crippen LogP contribution in [0.5, 0.6) is 0 Å². The van der Waals surface area contributed by atoms with Crippen molar-refractivity contribution in [3.05, 3.63) is 0 Å². The zero-order valence-corrected chi connectivity index (χ0v) is 8.08. The minimum atomic E-state index is -0.359. The zero-order valence-electron chi connectivity index (χ0n) is 8.08. The molecule has 72 valence electrons. The molecule has 2 N–H and O–H groups in total. The maximum atomic E-state index is 9.60. The van der Waals surface area contributed by atoms with Gasteiger partial charge in [-0.25, -0.2) is 0 Å². The number of aliphatic hydroxyl groups is 1. The van der Waals surface area contributed by atoms with Gasteiger partial charge in [0, 0.05) is 12.1 Å². The summed E-state index contributed by atoms with van der Waals surface area (Å²) in [5.41, 5.74) is 0. The highest BCUT2D eigenvalue weighted by Gasteiger charge is 2.26. The van der Waals surface area contributed by atoms with Crippen LogP contribution < -0.4 is 5.32 Å². The van der Waals surface area contributed by atoms with Gasteiger partial charge in [0.15, 0.2) is 0 Å². The lowest BCUT2D eigenvalue weighted by molar-refractivity contribution is 0.00505. The Morgan fingerprint density at radius 3 is 2.75 bits per heavy atom. The number of aliphatic hydroxyl groups excluding tert-OH is 1. The van der Waals surface area contributed by atoms with Gasteiger partial charge < -0.3 is 15.2 Å². The van der Waals surface area contributed by atoms with Crippen LogP contribution in [0.4, 0.5) is 0 Å². The standard InChI is InChI=1S/C9H19NO2/c1-4-8-9(11)5-12-7(3)6(2)10-8/h6-11H,4-5H2,1-3H3/t6?,7?,8-,9-/m1/s1. The summed E-state index contributed by atoms with van der Waals surface area (Å²) in [4.78, 5) is 0. The minimum absolute atomic E-state index is 0.185. The van der Waals surface area contributed by atoms with Crippen molar-refractivity contribution in [2.24, 2.45) is 0 Å². The van der Waals surface area contributed by atoms with Gasteiger partial charge in [-0.1, -0.05) is 6.92 Å². The molecular weight excluding hydrogens is 154 g/mol. The lowest BCUT2D eigenvalue weighted by Gasteiger charge is -2.22. The summed E-state index contributed by atoms with van der Waals surface area (Å²) in [6.07, 6.45) is 0.778.